The Labute approximate surface area is 230 Å². The quantitative estimate of drug-likeness (QED) is 0.290. The highest BCUT2D eigenvalue weighted by Crippen LogP contribution is 2.31. The second-order valence-corrected chi connectivity index (χ2v) is 8.98. The zero-order chi connectivity index (χ0) is 29.3. The molecule has 0 spiro atoms. The lowest BCUT2D eigenvalue weighted by atomic mass is 10.1. The number of fused-ring (bicyclic) bond motifs is 1. The van der Waals surface area contributed by atoms with Crippen LogP contribution < -0.4 is 21.1 Å². The molecule has 0 aliphatic carbocycles. The van der Waals surface area contributed by atoms with Crippen LogP contribution in [0.25, 0.3) is 16.7 Å². The number of ether oxygens (including phenoxy) is 1. The molecule has 0 aliphatic rings. The largest absolute Gasteiger partial charge is 0.495 e. The lowest BCUT2D eigenvalue weighted by molar-refractivity contribution is -0.137. The second-order valence-electron chi connectivity index (χ2n) is 8.98. The molecule has 5 rings (SSSR count). The minimum absolute atomic E-state index is 0.161. The summed E-state index contributed by atoms with van der Waals surface area (Å²) in [5.41, 5.74) is 0.795. The molecule has 3 aromatic heterocycles. The fourth-order valence-electron chi connectivity index (χ4n) is 4.12. The maximum Gasteiger partial charge on any atom is 0.416 e. The fraction of sp³-hybridized carbons (Fsp3) is 0.143. The van der Waals surface area contributed by atoms with E-state index in [9.17, 15) is 22.8 Å². The summed E-state index contributed by atoms with van der Waals surface area (Å²) >= 11 is 0. The number of aromatic nitrogens is 5. The Morgan fingerprint density at radius 1 is 0.951 bits per heavy atom. The number of carbonyl (C=O) groups is 1. The van der Waals surface area contributed by atoms with E-state index >= 15 is 0 Å². The Bertz CT molecular complexity index is 1840. The summed E-state index contributed by atoms with van der Waals surface area (Å²) in [6.45, 7) is 3.54. The van der Waals surface area contributed by atoms with Gasteiger partial charge in [0.2, 0.25) is 5.95 Å². The van der Waals surface area contributed by atoms with Crippen molar-refractivity contribution < 1.29 is 22.7 Å². The van der Waals surface area contributed by atoms with Crippen molar-refractivity contribution in [3.8, 4) is 11.4 Å². The number of alkyl halides is 3. The molecule has 0 saturated carbocycles. The third kappa shape index (κ3) is 5.69. The Hall–Kier alpha value is -5.33. The lowest BCUT2D eigenvalue weighted by Gasteiger charge is -2.16. The van der Waals surface area contributed by atoms with Crippen LogP contribution in [0.1, 0.15) is 27.3 Å². The summed E-state index contributed by atoms with van der Waals surface area (Å²) in [6.07, 6.45) is -1.44. The summed E-state index contributed by atoms with van der Waals surface area (Å²) in [4.78, 5) is 43.0. The smallest absolute Gasteiger partial charge is 0.416 e. The van der Waals surface area contributed by atoms with Crippen LogP contribution in [-0.4, -0.2) is 37.5 Å². The number of anilines is 3. The van der Waals surface area contributed by atoms with Crippen LogP contribution in [0.15, 0.2) is 71.8 Å². The van der Waals surface area contributed by atoms with Crippen LogP contribution in [0.4, 0.5) is 30.5 Å². The van der Waals surface area contributed by atoms with Crippen molar-refractivity contribution in [2.45, 2.75) is 20.0 Å². The monoisotopic (exact) mass is 561 g/mol. The molecule has 2 aromatic carbocycles. The van der Waals surface area contributed by atoms with Crippen LogP contribution in [0, 0.1) is 13.8 Å². The van der Waals surface area contributed by atoms with Gasteiger partial charge < -0.3 is 15.4 Å². The van der Waals surface area contributed by atoms with Crippen molar-refractivity contribution >= 4 is 34.3 Å². The van der Waals surface area contributed by atoms with Crippen LogP contribution in [0.2, 0.25) is 0 Å². The van der Waals surface area contributed by atoms with E-state index in [0.717, 1.165) is 23.9 Å². The third-order valence-corrected chi connectivity index (χ3v) is 6.18. The van der Waals surface area contributed by atoms with Crippen LogP contribution in [-0.2, 0) is 6.18 Å². The molecule has 41 heavy (non-hydrogen) atoms. The van der Waals surface area contributed by atoms with Crippen molar-refractivity contribution in [1.29, 1.82) is 0 Å². The SMILES string of the molecule is COc1ccc(NC(=O)c2cccc(C(F)(F)F)c2)cc1-n1c(C)c2cnc(Nc3ccc(C)nc3)nc2nc1=O. The number of pyridine rings is 1. The zero-order valence-electron chi connectivity index (χ0n) is 21.9. The van der Waals surface area contributed by atoms with Gasteiger partial charge in [0, 0.05) is 28.8 Å². The number of carbonyl (C=O) groups excluding carboxylic acids is 1. The standard InChI is InChI=1S/C28H22F3N7O3/c1-15-7-8-20(13-32-15)35-26-33-14-21-16(2)38(27(40)37-24(21)36-26)22-12-19(9-10-23(22)41-3)34-25(39)17-5-4-6-18(11-17)28(29,30)31/h4-14H,1-3H3,(H,34,39)(H,35,36,37,40). The molecule has 0 aliphatic heterocycles. The first-order valence-electron chi connectivity index (χ1n) is 12.2. The number of amides is 1. The Morgan fingerprint density at radius 2 is 1.73 bits per heavy atom. The number of hydrogen-bond acceptors (Lipinski definition) is 8. The number of methoxy groups -OCH3 is 1. The number of nitrogens with zero attached hydrogens (tertiary/aromatic N) is 5. The summed E-state index contributed by atoms with van der Waals surface area (Å²) < 4.78 is 46.0. The van der Waals surface area contributed by atoms with E-state index in [-0.39, 0.29) is 28.5 Å². The van der Waals surface area contributed by atoms with Crippen molar-refractivity contribution in [2.75, 3.05) is 17.7 Å². The molecule has 13 heteroatoms. The molecule has 3 heterocycles. The molecule has 10 nitrogen and oxygen atoms in total. The second kappa shape index (κ2) is 10.7. The van der Waals surface area contributed by atoms with Gasteiger partial charge in [0.1, 0.15) is 5.75 Å². The van der Waals surface area contributed by atoms with Gasteiger partial charge in [0.15, 0.2) is 5.65 Å². The molecule has 0 saturated heterocycles. The van der Waals surface area contributed by atoms with Crippen LogP contribution in [0.5, 0.6) is 5.75 Å². The highest BCUT2D eigenvalue weighted by molar-refractivity contribution is 6.04. The average molecular weight is 562 g/mol. The van der Waals surface area contributed by atoms with Gasteiger partial charge in [-0.3, -0.25) is 14.3 Å². The Kier molecular flexibility index (Phi) is 7.10. The molecule has 2 N–H and O–H groups in total. The normalized spacial score (nSPS) is 11.4. The van der Waals surface area contributed by atoms with Gasteiger partial charge in [-0.2, -0.15) is 23.1 Å². The van der Waals surface area contributed by atoms with E-state index in [1.807, 2.05) is 19.1 Å². The maximum atomic E-state index is 13.2. The summed E-state index contributed by atoms with van der Waals surface area (Å²) in [7, 11) is 1.41. The third-order valence-electron chi connectivity index (χ3n) is 6.18. The topological polar surface area (TPSA) is 124 Å². The molecule has 0 bridgehead atoms. The van der Waals surface area contributed by atoms with Gasteiger partial charge in [-0.15, -0.1) is 0 Å². The zero-order valence-corrected chi connectivity index (χ0v) is 21.9. The van der Waals surface area contributed by atoms with Crippen LogP contribution in [0.3, 0.4) is 0 Å². The lowest BCUT2D eigenvalue weighted by Crippen LogP contribution is -2.25. The molecule has 0 radical (unpaired) electrons. The average Bonchev–Trinajstić information content (AvgIpc) is 2.94. The number of hydrogen-bond donors (Lipinski definition) is 2. The van der Waals surface area contributed by atoms with Gasteiger partial charge in [0.25, 0.3) is 5.91 Å². The first-order chi connectivity index (χ1) is 19.5. The molecule has 0 fully saturated rings. The maximum absolute atomic E-state index is 13.2. The number of halogens is 3. The van der Waals surface area contributed by atoms with Gasteiger partial charge in [-0.25, -0.2) is 9.78 Å². The van der Waals surface area contributed by atoms with Crippen molar-refractivity contribution in [2.24, 2.45) is 0 Å². The minimum atomic E-state index is -4.59. The summed E-state index contributed by atoms with van der Waals surface area (Å²) in [6, 6.07) is 12.2. The van der Waals surface area contributed by atoms with E-state index in [1.54, 1.807) is 13.1 Å². The number of aryl methyl sites for hydroxylation is 2. The minimum Gasteiger partial charge on any atom is -0.495 e. The highest BCUT2D eigenvalue weighted by Gasteiger charge is 2.31. The van der Waals surface area contributed by atoms with E-state index in [4.69, 9.17) is 4.74 Å². The van der Waals surface area contributed by atoms with Crippen molar-refractivity contribution in [3.63, 3.8) is 0 Å². The first kappa shape index (κ1) is 27.2. The fourth-order valence-corrected chi connectivity index (χ4v) is 4.12. The van der Waals surface area contributed by atoms with Crippen molar-refractivity contribution in [1.82, 2.24) is 24.5 Å². The van der Waals surface area contributed by atoms with Gasteiger partial charge in [-0.05, 0) is 62.4 Å². The number of nitrogens with one attached hydrogen (secondary N) is 2. The Balaban J connectivity index is 1.49. The predicted octanol–water partition coefficient (Wildman–Crippen LogP) is 5.21. The van der Waals surface area contributed by atoms with E-state index in [0.29, 0.717) is 22.5 Å². The van der Waals surface area contributed by atoms with Gasteiger partial charge in [0.05, 0.1) is 35.6 Å². The van der Waals surface area contributed by atoms with E-state index in [1.165, 1.54) is 42.1 Å². The number of rotatable bonds is 6. The molecule has 208 valence electrons. The molecular formula is C28H22F3N7O3. The Morgan fingerprint density at radius 3 is 2.44 bits per heavy atom. The highest BCUT2D eigenvalue weighted by atomic mass is 19.4. The first-order valence-corrected chi connectivity index (χ1v) is 12.2. The summed E-state index contributed by atoms with van der Waals surface area (Å²) in [5.74, 6) is -0.242. The molecule has 0 unspecified atom stereocenters. The van der Waals surface area contributed by atoms with Gasteiger partial charge >= 0.3 is 11.9 Å². The summed E-state index contributed by atoms with van der Waals surface area (Å²) in [5, 5.41) is 6.08. The molecule has 5 aromatic rings. The molecule has 1 amide bonds. The van der Waals surface area contributed by atoms with Crippen LogP contribution >= 0.6 is 0 Å². The predicted molar refractivity (Wildman–Crippen MR) is 146 cm³/mol. The molecular weight excluding hydrogens is 539 g/mol. The molecule has 0 atom stereocenters. The van der Waals surface area contributed by atoms with E-state index in [2.05, 4.69) is 30.6 Å². The van der Waals surface area contributed by atoms with Gasteiger partial charge in [-0.1, -0.05) is 6.07 Å². The number of benzene rings is 2. The van der Waals surface area contributed by atoms with Crippen molar-refractivity contribution in [3.05, 3.63) is 100.0 Å². The van der Waals surface area contributed by atoms with E-state index < -0.39 is 23.3 Å².